The number of hydrogen-bond acceptors (Lipinski definition) is 2. The quantitative estimate of drug-likeness (QED) is 0.860. The highest BCUT2D eigenvalue weighted by Gasteiger charge is 2.16. The summed E-state index contributed by atoms with van der Waals surface area (Å²) in [7, 11) is 0. The number of fused-ring (bicyclic) bond motifs is 1. The van der Waals surface area contributed by atoms with Crippen molar-refractivity contribution in [3.8, 4) is 0 Å². The molecule has 0 bridgehead atoms. The smallest absolute Gasteiger partial charge is 0.270 e. The molecule has 2 rings (SSSR count). The fourth-order valence-electron chi connectivity index (χ4n) is 1.87. The van der Waals surface area contributed by atoms with Crippen LogP contribution in [0.15, 0.2) is 18.3 Å². The van der Waals surface area contributed by atoms with E-state index in [4.69, 9.17) is 0 Å². The monoisotopic (exact) mass is 231 g/mol. The number of nitrogens with zero attached hydrogens (tertiary/aromatic N) is 2. The van der Waals surface area contributed by atoms with Gasteiger partial charge in [-0.2, -0.15) is 0 Å². The van der Waals surface area contributed by atoms with Crippen LogP contribution in [0.4, 0.5) is 0 Å². The molecule has 0 saturated carbocycles. The third kappa shape index (κ3) is 2.16. The van der Waals surface area contributed by atoms with E-state index in [1.165, 1.54) is 0 Å². The van der Waals surface area contributed by atoms with Crippen LogP contribution in [0.1, 0.15) is 35.6 Å². The predicted molar refractivity (Wildman–Crippen MR) is 67.3 cm³/mol. The number of pyridine rings is 1. The lowest BCUT2D eigenvalue weighted by Gasteiger charge is -2.08. The molecule has 1 N–H and O–H groups in total. The van der Waals surface area contributed by atoms with Crippen molar-refractivity contribution < 1.29 is 4.79 Å². The second kappa shape index (κ2) is 4.20. The number of imidazole rings is 1. The van der Waals surface area contributed by atoms with E-state index in [0.29, 0.717) is 5.69 Å². The van der Waals surface area contributed by atoms with Crippen molar-refractivity contribution in [2.75, 3.05) is 0 Å². The van der Waals surface area contributed by atoms with Crippen molar-refractivity contribution in [3.63, 3.8) is 0 Å². The van der Waals surface area contributed by atoms with Gasteiger partial charge in [0, 0.05) is 12.2 Å². The van der Waals surface area contributed by atoms with Gasteiger partial charge in [0.15, 0.2) is 0 Å². The minimum Gasteiger partial charge on any atom is -0.349 e. The van der Waals surface area contributed by atoms with E-state index in [9.17, 15) is 4.79 Å². The number of carbonyl (C=O) groups excluding carboxylic acids is 1. The molecule has 0 saturated heterocycles. The van der Waals surface area contributed by atoms with Crippen molar-refractivity contribution in [1.29, 1.82) is 0 Å². The molecule has 90 valence electrons. The van der Waals surface area contributed by atoms with Gasteiger partial charge in [0.2, 0.25) is 0 Å². The number of aromatic nitrogens is 2. The number of carbonyl (C=O) groups is 1. The summed E-state index contributed by atoms with van der Waals surface area (Å²) in [6.07, 6.45) is 1.89. The van der Waals surface area contributed by atoms with Crippen LogP contribution in [0.25, 0.3) is 5.65 Å². The molecule has 0 atom stereocenters. The van der Waals surface area contributed by atoms with Gasteiger partial charge in [0.1, 0.15) is 11.3 Å². The number of rotatable bonds is 2. The molecule has 0 radical (unpaired) electrons. The molecule has 0 aliphatic carbocycles. The summed E-state index contributed by atoms with van der Waals surface area (Å²) in [5.74, 6) is -0.0751. The Bertz CT molecular complexity index is 569. The first-order valence-corrected chi connectivity index (χ1v) is 5.75. The largest absolute Gasteiger partial charge is 0.349 e. The maximum absolute atomic E-state index is 12.1. The molecule has 4 heteroatoms. The summed E-state index contributed by atoms with van der Waals surface area (Å²) >= 11 is 0. The minimum absolute atomic E-state index is 0.0751. The molecule has 2 heterocycles. The van der Waals surface area contributed by atoms with Crippen molar-refractivity contribution in [2.24, 2.45) is 0 Å². The molecule has 17 heavy (non-hydrogen) atoms. The lowest BCUT2D eigenvalue weighted by atomic mass is 10.3. The molecule has 0 aliphatic heterocycles. The van der Waals surface area contributed by atoms with Gasteiger partial charge in [-0.05, 0) is 45.4 Å². The topological polar surface area (TPSA) is 46.4 Å². The van der Waals surface area contributed by atoms with Crippen LogP contribution in [-0.2, 0) is 0 Å². The summed E-state index contributed by atoms with van der Waals surface area (Å²) in [6, 6.07) is 4.07. The molecule has 0 spiro atoms. The van der Waals surface area contributed by atoms with E-state index in [2.05, 4.69) is 10.3 Å². The Morgan fingerprint density at radius 2 is 2.12 bits per heavy atom. The summed E-state index contributed by atoms with van der Waals surface area (Å²) in [5, 5.41) is 2.89. The Kier molecular flexibility index (Phi) is 2.88. The van der Waals surface area contributed by atoms with E-state index in [1.807, 2.05) is 50.4 Å². The highest BCUT2D eigenvalue weighted by atomic mass is 16.2. The van der Waals surface area contributed by atoms with Gasteiger partial charge in [0.05, 0.1) is 5.69 Å². The predicted octanol–water partition coefficient (Wildman–Crippen LogP) is 2.09. The average molecular weight is 231 g/mol. The second-order valence-electron chi connectivity index (χ2n) is 4.61. The summed E-state index contributed by atoms with van der Waals surface area (Å²) < 4.78 is 1.83. The zero-order valence-corrected chi connectivity index (χ0v) is 10.6. The molecule has 4 nitrogen and oxygen atoms in total. The van der Waals surface area contributed by atoms with Crippen LogP contribution in [-0.4, -0.2) is 21.3 Å². The third-order valence-corrected chi connectivity index (χ3v) is 2.59. The van der Waals surface area contributed by atoms with Crippen LogP contribution in [0, 0.1) is 13.8 Å². The van der Waals surface area contributed by atoms with Crippen LogP contribution in [0.2, 0.25) is 0 Å². The average Bonchev–Trinajstić information content (AvgIpc) is 2.51. The molecule has 2 aromatic rings. The maximum Gasteiger partial charge on any atom is 0.270 e. The molecule has 1 amide bonds. The van der Waals surface area contributed by atoms with E-state index in [-0.39, 0.29) is 11.9 Å². The van der Waals surface area contributed by atoms with Crippen molar-refractivity contribution >= 4 is 11.6 Å². The number of amides is 1. The number of nitrogens with one attached hydrogen (secondary N) is 1. The Balaban J connectivity index is 2.53. The standard InChI is InChI=1S/C13H17N3O/c1-8(2)14-13(17)12-10(4)15-11-7-9(3)5-6-16(11)12/h5-8H,1-4H3,(H,14,17). The van der Waals surface area contributed by atoms with E-state index >= 15 is 0 Å². The summed E-state index contributed by atoms with van der Waals surface area (Å²) in [4.78, 5) is 16.5. The lowest BCUT2D eigenvalue weighted by Crippen LogP contribution is -2.31. The first-order valence-electron chi connectivity index (χ1n) is 5.75. The Hall–Kier alpha value is -1.84. The third-order valence-electron chi connectivity index (χ3n) is 2.59. The fourth-order valence-corrected chi connectivity index (χ4v) is 1.87. The highest BCUT2D eigenvalue weighted by Crippen LogP contribution is 2.13. The van der Waals surface area contributed by atoms with E-state index in [0.717, 1.165) is 16.9 Å². The van der Waals surface area contributed by atoms with E-state index in [1.54, 1.807) is 0 Å². The molecular formula is C13H17N3O. The second-order valence-corrected chi connectivity index (χ2v) is 4.61. The normalized spacial score (nSPS) is 11.1. The first-order chi connectivity index (χ1) is 7.99. The number of aryl methyl sites for hydroxylation is 2. The molecular weight excluding hydrogens is 214 g/mol. The summed E-state index contributed by atoms with van der Waals surface area (Å²) in [5.41, 5.74) is 3.33. The van der Waals surface area contributed by atoms with Crippen LogP contribution >= 0.6 is 0 Å². The van der Waals surface area contributed by atoms with Gasteiger partial charge in [-0.15, -0.1) is 0 Å². The molecule has 0 aliphatic rings. The van der Waals surface area contributed by atoms with Gasteiger partial charge in [0.25, 0.3) is 5.91 Å². The Labute approximate surface area is 101 Å². The SMILES string of the molecule is Cc1ccn2c(C(=O)NC(C)C)c(C)nc2c1. The molecule has 2 aromatic heterocycles. The number of hydrogen-bond donors (Lipinski definition) is 1. The van der Waals surface area contributed by atoms with Gasteiger partial charge >= 0.3 is 0 Å². The highest BCUT2D eigenvalue weighted by molar-refractivity contribution is 5.94. The Morgan fingerprint density at radius 3 is 2.76 bits per heavy atom. The van der Waals surface area contributed by atoms with Crippen molar-refractivity contribution in [1.82, 2.24) is 14.7 Å². The van der Waals surface area contributed by atoms with Crippen LogP contribution < -0.4 is 5.32 Å². The maximum atomic E-state index is 12.1. The van der Waals surface area contributed by atoms with Crippen molar-refractivity contribution in [3.05, 3.63) is 35.3 Å². The zero-order valence-electron chi connectivity index (χ0n) is 10.6. The zero-order chi connectivity index (χ0) is 12.6. The summed E-state index contributed by atoms with van der Waals surface area (Å²) in [6.45, 7) is 7.76. The van der Waals surface area contributed by atoms with Gasteiger partial charge in [-0.1, -0.05) is 0 Å². The van der Waals surface area contributed by atoms with E-state index < -0.39 is 0 Å². The molecule has 0 unspecified atom stereocenters. The van der Waals surface area contributed by atoms with Crippen LogP contribution in [0.3, 0.4) is 0 Å². The Morgan fingerprint density at radius 1 is 1.41 bits per heavy atom. The van der Waals surface area contributed by atoms with Crippen LogP contribution in [0.5, 0.6) is 0 Å². The fraction of sp³-hybridized carbons (Fsp3) is 0.385. The molecule has 0 fully saturated rings. The molecule has 0 aromatic carbocycles. The minimum atomic E-state index is -0.0751. The van der Waals surface area contributed by atoms with Gasteiger partial charge in [-0.25, -0.2) is 4.98 Å². The first kappa shape index (κ1) is 11.6. The van der Waals surface area contributed by atoms with Gasteiger partial charge in [-0.3, -0.25) is 9.20 Å². The van der Waals surface area contributed by atoms with Gasteiger partial charge < -0.3 is 5.32 Å². The lowest BCUT2D eigenvalue weighted by molar-refractivity contribution is 0.0936. The van der Waals surface area contributed by atoms with Crippen molar-refractivity contribution in [2.45, 2.75) is 33.7 Å².